The van der Waals surface area contributed by atoms with Crippen molar-refractivity contribution in [1.29, 1.82) is 0 Å². The molecule has 0 amide bonds. The van der Waals surface area contributed by atoms with Crippen LogP contribution < -0.4 is 5.73 Å². The highest BCUT2D eigenvalue weighted by Gasteiger charge is 2.10. The Bertz CT molecular complexity index is 312. The molecule has 0 saturated carbocycles. The number of hydrogen-bond donors (Lipinski definition) is 1. The molecule has 1 aromatic carbocycles. The first kappa shape index (κ1) is 10.7. The quantitative estimate of drug-likeness (QED) is 0.852. The molecule has 0 aliphatic carbocycles. The summed E-state index contributed by atoms with van der Waals surface area (Å²) in [5, 5.41) is 0. The third-order valence-corrected chi connectivity index (χ3v) is 3.06. The van der Waals surface area contributed by atoms with Gasteiger partial charge in [-0.3, -0.25) is 0 Å². The molecule has 13 heavy (non-hydrogen) atoms. The largest absolute Gasteiger partial charge is 0.330 e. The Hall–Kier alpha value is -0.410. The van der Waals surface area contributed by atoms with Gasteiger partial charge in [0.1, 0.15) is 5.82 Å². The van der Waals surface area contributed by atoms with E-state index in [1.165, 1.54) is 6.07 Å². The molecule has 0 fully saturated rings. The second-order valence-corrected chi connectivity index (χ2v) is 4.09. The van der Waals surface area contributed by atoms with E-state index in [1.54, 1.807) is 6.07 Å². The molecule has 0 saturated heterocycles. The van der Waals surface area contributed by atoms with Crippen LogP contribution in [0.15, 0.2) is 16.6 Å². The molecule has 1 aromatic rings. The van der Waals surface area contributed by atoms with Gasteiger partial charge in [-0.1, -0.05) is 22.9 Å². The molecule has 0 radical (unpaired) electrons. The highest BCUT2D eigenvalue weighted by atomic mass is 79.9. The van der Waals surface area contributed by atoms with Crippen LogP contribution in [0.5, 0.6) is 0 Å². The van der Waals surface area contributed by atoms with Crippen molar-refractivity contribution in [3.8, 4) is 0 Å². The van der Waals surface area contributed by atoms with Gasteiger partial charge in [-0.05, 0) is 42.6 Å². The maximum absolute atomic E-state index is 13.0. The van der Waals surface area contributed by atoms with Crippen LogP contribution in [0.2, 0.25) is 0 Å². The third-order valence-electron chi connectivity index (χ3n) is 2.23. The van der Waals surface area contributed by atoms with Crippen LogP contribution in [-0.2, 0) is 0 Å². The fourth-order valence-electron chi connectivity index (χ4n) is 1.30. The van der Waals surface area contributed by atoms with Crippen LogP contribution in [0, 0.1) is 12.7 Å². The van der Waals surface area contributed by atoms with Gasteiger partial charge in [-0.25, -0.2) is 4.39 Å². The molecule has 0 aliphatic rings. The molecule has 1 rings (SSSR count). The van der Waals surface area contributed by atoms with Gasteiger partial charge in [0.05, 0.1) is 0 Å². The highest BCUT2D eigenvalue weighted by Crippen LogP contribution is 2.26. The minimum Gasteiger partial charge on any atom is -0.330 e. The second kappa shape index (κ2) is 4.20. The predicted octanol–water partition coefficient (Wildman–Crippen LogP) is 2.96. The van der Waals surface area contributed by atoms with Crippen LogP contribution in [-0.4, -0.2) is 6.54 Å². The number of benzene rings is 1. The average Bonchev–Trinajstić information content (AvgIpc) is 2.10. The molecule has 1 unspecified atom stereocenters. The first-order valence-corrected chi connectivity index (χ1v) is 5.01. The fourth-order valence-corrected chi connectivity index (χ4v) is 1.75. The maximum atomic E-state index is 13.0. The van der Waals surface area contributed by atoms with Crippen molar-refractivity contribution in [3.05, 3.63) is 33.5 Å². The fraction of sp³-hybridized carbons (Fsp3) is 0.400. The molecule has 0 heterocycles. The smallest absolute Gasteiger partial charge is 0.124 e. The van der Waals surface area contributed by atoms with E-state index in [9.17, 15) is 4.39 Å². The minimum atomic E-state index is -0.215. The van der Waals surface area contributed by atoms with Crippen molar-refractivity contribution in [1.82, 2.24) is 0 Å². The van der Waals surface area contributed by atoms with E-state index in [0.717, 1.165) is 15.6 Å². The van der Waals surface area contributed by atoms with Crippen LogP contribution in [0.25, 0.3) is 0 Å². The van der Waals surface area contributed by atoms with Crippen LogP contribution in [0.4, 0.5) is 4.39 Å². The Morgan fingerprint density at radius 1 is 1.54 bits per heavy atom. The van der Waals surface area contributed by atoms with Gasteiger partial charge in [0.15, 0.2) is 0 Å². The zero-order valence-electron chi connectivity index (χ0n) is 7.77. The van der Waals surface area contributed by atoms with E-state index >= 15 is 0 Å². The van der Waals surface area contributed by atoms with Gasteiger partial charge in [-0.2, -0.15) is 0 Å². The number of halogens is 2. The van der Waals surface area contributed by atoms with Gasteiger partial charge in [0.2, 0.25) is 0 Å². The van der Waals surface area contributed by atoms with Crippen molar-refractivity contribution in [2.75, 3.05) is 6.54 Å². The van der Waals surface area contributed by atoms with Crippen LogP contribution in [0.3, 0.4) is 0 Å². The molecule has 72 valence electrons. The van der Waals surface area contributed by atoms with Gasteiger partial charge in [0, 0.05) is 4.47 Å². The molecule has 1 atom stereocenters. The van der Waals surface area contributed by atoms with Crippen LogP contribution >= 0.6 is 15.9 Å². The molecule has 0 aromatic heterocycles. The lowest BCUT2D eigenvalue weighted by molar-refractivity contribution is 0.619. The molecular weight excluding hydrogens is 233 g/mol. The topological polar surface area (TPSA) is 26.0 Å². The summed E-state index contributed by atoms with van der Waals surface area (Å²) in [6.07, 6.45) is 0. The Labute approximate surface area is 86.3 Å². The number of hydrogen-bond acceptors (Lipinski definition) is 1. The summed E-state index contributed by atoms with van der Waals surface area (Å²) in [5.41, 5.74) is 7.59. The Morgan fingerprint density at radius 2 is 2.15 bits per heavy atom. The maximum Gasteiger partial charge on any atom is 0.124 e. The van der Waals surface area contributed by atoms with E-state index in [0.29, 0.717) is 6.54 Å². The summed E-state index contributed by atoms with van der Waals surface area (Å²) in [6.45, 7) is 4.50. The average molecular weight is 246 g/mol. The SMILES string of the molecule is Cc1c(Br)cc(F)cc1C(C)CN. The third kappa shape index (κ3) is 2.29. The van der Waals surface area contributed by atoms with Gasteiger partial charge in [-0.15, -0.1) is 0 Å². The lowest BCUT2D eigenvalue weighted by Gasteiger charge is -2.13. The predicted molar refractivity (Wildman–Crippen MR) is 56.3 cm³/mol. The summed E-state index contributed by atoms with van der Waals surface area (Å²) in [7, 11) is 0. The zero-order valence-corrected chi connectivity index (χ0v) is 9.36. The Morgan fingerprint density at radius 3 is 2.69 bits per heavy atom. The molecule has 1 nitrogen and oxygen atoms in total. The standard InChI is InChI=1S/C10H13BrFN/c1-6(5-13)9-3-8(12)4-10(11)7(9)2/h3-4,6H,5,13H2,1-2H3. The minimum absolute atomic E-state index is 0.201. The molecule has 3 heteroatoms. The summed E-state index contributed by atoms with van der Waals surface area (Å²) in [4.78, 5) is 0. The first-order valence-electron chi connectivity index (χ1n) is 4.22. The lowest BCUT2D eigenvalue weighted by Crippen LogP contribution is -2.10. The summed E-state index contributed by atoms with van der Waals surface area (Å²) in [6, 6.07) is 3.03. The van der Waals surface area contributed by atoms with Gasteiger partial charge >= 0.3 is 0 Å². The van der Waals surface area contributed by atoms with E-state index < -0.39 is 0 Å². The summed E-state index contributed by atoms with van der Waals surface area (Å²) >= 11 is 3.31. The Balaban J connectivity index is 3.20. The molecular formula is C10H13BrFN. The van der Waals surface area contributed by atoms with Crippen molar-refractivity contribution < 1.29 is 4.39 Å². The van der Waals surface area contributed by atoms with Crippen molar-refractivity contribution >= 4 is 15.9 Å². The van der Waals surface area contributed by atoms with Crippen molar-refractivity contribution in [2.45, 2.75) is 19.8 Å². The van der Waals surface area contributed by atoms with E-state index in [4.69, 9.17) is 5.73 Å². The van der Waals surface area contributed by atoms with E-state index in [2.05, 4.69) is 15.9 Å². The second-order valence-electron chi connectivity index (χ2n) is 3.24. The first-order chi connectivity index (χ1) is 6.06. The summed E-state index contributed by atoms with van der Waals surface area (Å²) in [5.74, 6) is -0.0141. The van der Waals surface area contributed by atoms with E-state index in [-0.39, 0.29) is 11.7 Å². The monoisotopic (exact) mass is 245 g/mol. The molecule has 0 spiro atoms. The van der Waals surface area contributed by atoms with E-state index in [1.807, 2.05) is 13.8 Å². The molecule has 0 aliphatic heterocycles. The lowest BCUT2D eigenvalue weighted by atomic mass is 9.96. The van der Waals surface area contributed by atoms with Gasteiger partial charge < -0.3 is 5.73 Å². The van der Waals surface area contributed by atoms with Crippen LogP contribution in [0.1, 0.15) is 24.0 Å². The molecule has 0 bridgehead atoms. The number of nitrogens with two attached hydrogens (primary N) is 1. The highest BCUT2D eigenvalue weighted by molar-refractivity contribution is 9.10. The Kier molecular flexibility index (Phi) is 3.45. The molecule has 2 N–H and O–H groups in total. The van der Waals surface area contributed by atoms with Crippen molar-refractivity contribution in [3.63, 3.8) is 0 Å². The van der Waals surface area contributed by atoms with Gasteiger partial charge in [0.25, 0.3) is 0 Å². The zero-order chi connectivity index (χ0) is 10.0. The van der Waals surface area contributed by atoms with Crippen molar-refractivity contribution in [2.24, 2.45) is 5.73 Å². The number of rotatable bonds is 2. The normalized spacial score (nSPS) is 13.0. The summed E-state index contributed by atoms with van der Waals surface area (Å²) < 4.78 is 13.8.